The Hall–Kier alpha value is -1.92. The number of nitrogens with zero attached hydrogens (tertiary/aromatic N) is 1. The Morgan fingerprint density at radius 3 is 2.76 bits per heavy atom. The van der Waals surface area contributed by atoms with Crippen LogP contribution in [0.3, 0.4) is 0 Å². The molecule has 6 heteroatoms. The lowest BCUT2D eigenvalue weighted by molar-refractivity contribution is 0.0943. The Labute approximate surface area is 127 Å². The SMILES string of the molecule is CN(C)C(CNC(=O)c1ccc(F)cc1N)c1cccs1. The highest BCUT2D eigenvalue weighted by Crippen LogP contribution is 2.22. The summed E-state index contributed by atoms with van der Waals surface area (Å²) in [4.78, 5) is 15.4. The fourth-order valence-corrected chi connectivity index (χ4v) is 2.97. The maximum atomic E-state index is 13.0. The van der Waals surface area contributed by atoms with Gasteiger partial charge >= 0.3 is 0 Å². The highest BCUT2D eigenvalue weighted by Gasteiger charge is 2.17. The summed E-state index contributed by atoms with van der Waals surface area (Å²) in [6.07, 6.45) is 0. The van der Waals surface area contributed by atoms with Gasteiger partial charge in [0, 0.05) is 17.1 Å². The van der Waals surface area contributed by atoms with Crippen LogP contribution in [0.4, 0.5) is 10.1 Å². The number of benzene rings is 1. The smallest absolute Gasteiger partial charge is 0.253 e. The first kappa shape index (κ1) is 15.5. The van der Waals surface area contributed by atoms with Gasteiger partial charge in [-0.15, -0.1) is 11.3 Å². The molecule has 1 atom stereocenters. The topological polar surface area (TPSA) is 58.4 Å². The summed E-state index contributed by atoms with van der Waals surface area (Å²) in [6.45, 7) is 0.461. The predicted octanol–water partition coefficient (Wildman–Crippen LogP) is 2.50. The standard InChI is InChI=1S/C15H18FN3OS/c1-19(2)13(14-4-3-7-21-14)9-18-15(20)11-6-5-10(16)8-12(11)17/h3-8,13H,9,17H2,1-2H3,(H,18,20). The van der Waals surface area contributed by atoms with Crippen LogP contribution >= 0.6 is 11.3 Å². The maximum Gasteiger partial charge on any atom is 0.253 e. The van der Waals surface area contributed by atoms with Crippen molar-refractivity contribution in [3.05, 3.63) is 52.0 Å². The molecule has 4 nitrogen and oxygen atoms in total. The molecule has 21 heavy (non-hydrogen) atoms. The fourth-order valence-electron chi connectivity index (χ4n) is 2.04. The number of rotatable bonds is 5. The minimum atomic E-state index is -0.450. The second-order valence-corrected chi connectivity index (χ2v) is 5.92. The number of carbonyl (C=O) groups excluding carboxylic acids is 1. The number of halogens is 1. The molecule has 0 aliphatic rings. The molecule has 0 aliphatic carbocycles. The number of carbonyl (C=O) groups is 1. The van der Waals surface area contributed by atoms with Crippen molar-refractivity contribution < 1.29 is 9.18 Å². The number of nitrogens with two attached hydrogens (primary N) is 1. The van der Waals surface area contributed by atoms with Crippen molar-refractivity contribution in [2.45, 2.75) is 6.04 Å². The number of hydrogen-bond donors (Lipinski definition) is 2. The van der Waals surface area contributed by atoms with Crippen molar-refractivity contribution in [3.63, 3.8) is 0 Å². The van der Waals surface area contributed by atoms with E-state index in [1.54, 1.807) is 11.3 Å². The fraction of sp³-hybridized carbons (Fsp3) is 0.267. The third-order valence-corrected chi connectivity index (χ3v) is 4.18. The molecular formula is C15H18FN3OS. The van der Waals surface area contributed by atoms with Gasteiger partial charge in [-0.1, -0.05) is 6.07 Å². The van der Waals surface area contributed by atoms with Gasteiger partial charge < -0.3 is 16.0 Å². The summed E-state index contributed by atoms with van der Waals surface area (Å²) < 4.78 is 13.0. The second-order valence-electron chi connectivity index (χ2n) is 4.94. The van der Waals surface area contributed by atoms with E-state index in [9.17, 15) is 9.18 Å². The predicted molar refractivity (Wildman–Crippen MR) is 83.9 cm³/mol. The van der Waals surface area contributed by atoms with E-state index in [-0.39, 0.29) is 17.6 Å². The van der Waals surface area contributed by atoms with E-state index >= 15 is 0 Å². The van der Waals surface area contributed by atoms with Crippen LogP contribution in [0.5, 0.6) is 0 Å². The Bertz CT molecular complexity index is 613. The highest BCUT2D eigenvalue weighted by molar-refractivity contribution is 7.10. The monoisotopic (exact) mass is 307 g/mol. The van der Waals surface area contributed by atoms with Crippen LogP contribution < -0.4 is 11.1 Å². The molecule has 2 aromatic rings. The molecule has 0 fully saturated rings. The molecular weight excluding hydrogens is 289 g/mol. The minimum absolute atomic E-state index is 0.0932. The minimum Gasteiger partial charge on any atom is -0.398 e. The van der Waals surface area contributed by atoms with Gasteiger partial charge in [0.2, 0.25) is 0 Å². The lowest BCUT2D eigenvalue weighted by Gasteiger charge is -2.23. The Balaban J connectivity index is 2.05. The maximum absolute atomic E-state index is 13.0. The van der Waals surface area contributed by atoms with Crippen molar-refractivity contribution in [2.75, 3.05) is 26.4 Å². The highest BCUT2D eigenvalue weighted by atomic mass is 32.1. The number of amides is 1. The Kier molecular flexibility index (Phi) is 4.93. The number of hydrogen-bond acceptors (Lipinski definition) is 4. The van der Waals surface area contributed by atoms with Crippen LogP contribution in [0.15, 0.2) is 35.7 Å². The van der Waals surface area contributed by atoms with Gasteiger partial charge in [-0.05, 0) is 43.7 Å². The third-order valence-electron chi connectivity index (χ3n) is 3.21. The van der Waals surface area contributed by atoms with Crippen molar-refractivity contribution >= 4 is 22.9 Å². The van der Waals surface area contributed by atoms with Crippen LogP contribution in [0, 0.1) is 5.82 Å². The lowest BCUT2D eigenvalue weighted by atomic mass is 10.1. The van der Waals surface area contributed by atoms with Gasteiger partial charge in [0.15, 0.2) is 0 Å². The van der Waals surface area contributed by atoms with Crippen LogP contribution in [0.2, 0.25) is 0 Å². The van der Waals surface area contributed by atoms with Gasteiger partial charge in [-0.25, -0.2) is 4.39 Å². The molecule has 0 saturated heterocycles. The van der Waals surface area contributed by atoms with Gasteiger partial charge in [0.1, 0.15) is 5.82 Å². The third kappa shape index (κ3) is 3.80. The zero-order valence-corrected chi connectivity index (χ0v) is 12.8. The van der Waals surface area contributed by atoms with Crippen LogP contribution in [-0.4, -0.2) is 31.4 Å². The molecule has 3 N–H and O–H groups in total. The second kappa shape index (κ2) is 6.69. The van der Waals surface area contributed by atoms with Crippen molar-refractivity contribution in [3.8, 4) is 0 Å². The summed E-state index contributed by atoms with van der Waals surface area (Å²) in [5, 5.41) is 4.86. The summed E-state index contributed by atoms with van der Waals surface area (Å²) in [5.74, 6) is -0.746. The Morgan fingerprint density at radius 2 is 2.19 bits per heavy atom. The molecule has 1 heterocycles. The van der Waals surface area contributed by atoms with Crippen molar-refractivity contribution in [2.24, 2.45) is 0 Å². The van der Waals surface area contributed by atoms with Crippen molar-refractivity contribution in [1.29, 1.82) is 0 Å². The van der Waals surface area contributed by atoms with Gasteiger partial charge in [-0.3, -0.25) is 4.79 Å². The van der Waals surface area contributed by atoms with Crippen molar-refractivity contribution in [1.82, 2.24) is 10.2 Å². The normalized spacial score (nSPS) is 12.4. The zero-order chi connectivity index (χ0) is 15.4. The van der Waals surface area contributed by atoms with E-state index in [1.807, 2.05) is 36.5 Å². The summed E-state index contributed by atoms with van der Waals surface area (Å²) in [5.41, 5.74) is 6.11. The first-order valence-electron chi connectivity index (χ1n) is 6.52. The Morgan fingerprint density at radius 1 is 1.43 bits per heavy atom. The van der Waals surface area contributed by atoms with E-state index in [1.165, 1.54) is 17.0 Å². The summed E-state index contributed by atoms with van der Waals surface area (Å²) in [7, 11) is 3.92. The van der Waals surface area contributed by atoms with Crippen LogP contribution in [-0.2, 0) is 0 Å². The van der Waals surface area contributed by atoms with E-state index in [4.69, 9.17) is 5.73 Å². The molecule has 0 spiro atoms. The number of nitrogen functional groups attached to an aromatic ring is 1. The number of likely N-dealkylation sites (N-methyl/N-ethyl adjacent to an activating group) is 1. The number of nitrogens with one attached hydrogen (secondary N) is 1. The van der Waals surface area contributed by atoms with E-state index in [0.29, 0.717) is 12.1 Å². The van der Waals surface area contributed by atoms with Gasteiger partial charge in [0.25, 0.3) is 5.91 Å². The summed E-state index contributed by atoms with van der Waals surface area (Å²) >= 11 is 1.64. The van der Waals surface area contributed by atoms with E-state index < -0.39 is 5.82 Å². The van der Waals surface area contributed by atoms with Crippen LogP contribution in [0.1, 0.15) is 21.3 Å². The van der Waals surface area contributed by atoms with E-state index in [2.05, 4.69) is 5.32 Å². The first-order valence-corrected chi connectivity index (χ1v) is 7.40. The number of thiophene rings is 1. The van der Waals surface area contributed by atoms with Gasteiger partial charge in [-0.2, -0.15) is 0 Å². The largest absolute Gasteiger partial charge is 0.398 e. The average molecular weight is 307 g/mol. The van der Waals surface area contributed by atoms with Crippen LogP contribution in [0.25, 0.3) is 0 Å². The molecule has 2 rings (SSSR count). The molecule has 112 valence electrons. The molecule has 0 bridgehead atoms. The molecule has 1 unspecified atom stereocenters. The number of anilines is 1. The molecule has 0 aliphatic heterocycles. The molecule has 0 radical (unpaired) electrons. The quantitative estimate of drug-likeness (QED) is 0.835. The average Bonchev–Trinajstić information content (AvgIpc) is 2.92. The molecule has 1 aromatic carbocycles. The van der Waals surface area contributed by atoms with E-state index in [0.717, 1.165) is 6.07 Å². The first-order chi connectivity index (χ1) is 9.99. The molecule has 0 saturated carbocycles. The lowest BCUT2D eigenvalue weighted by Crippen LogP contribution is -2.34. The summed E-state index contributed by atoms with van der Waals surface area (Å²) in [6, 6.07) is 7.89. The zero-order valence-electron chi connectivity index (χ0n) is 12.0. The van der Waals surface area contributed by atoms with Gasteiger partial charge in [0.05, 0.1) is 11.6 Å². The molecule has 1 amide bonds. The molecule has 1 aromatic heterocycles.